The zero-order valence-electron chi connectivity index (χ0n) is 12.8. The molecule has 0 bridgehead atoms. The number of rotatable bonds is 3. The van der Waals surface area contributed by atoms with Crippen molar-refractivity contribution in [2.24, 2.45) is 5.41 Å². The second-order valence-electron chi connectivity index (χ2n) is 6.86. The number of hydrogen-bond acceptors (Lipinski definition) is 2. The van der Waals surface area contributed by atoms with Crippen LogP contribution in [0.15, 0.2) is 30.3 Å². The molecule has 1 saturated carbocycles. The number of fused-ring (bicyclic) bond motifs is 1. The van der Waals surface area contributed by atoms with Crippen LogP contribution < -0.4 is 5.32 Å². The lowest BCUT2D eigenvalue weighted by Crippen LogP contribution is -2.44. The molecule has 2 aromatic rings. The fourth-order valence-electron chi connectivity index (χ4n) is 3.40. The molecule has 2 atom stereocenters. The number of benzene rings is 1. The highest BCUT2D eigenvalue weighted by molar-refractivity contribution is 7.19. The molecule has 2 heteroatoms. The molecule has 1 aliphatic rings. The Balaban J connectivity index is 1.76. The number of thiophene rings is 1. The second-order valence-corrected chi connectivity index (χ2v) is 7.98. The van der Waals surface area contributed by atoms with Gasteiger partial charge in [0.1, 0.15) is 0 Å². The van der Waals surface area contributed by atoms with Crippen molar-refractivity contribution in [1.29, 1.82) is 0 Å². The van der Waals surface area contributed by atoms with Crippen LogP contribution in [0, 0.1) is 5.41 Å². The first-order valence-electron chi connectivity index (χ1n) is 7.81. The van der Waals surface area contributed by atoms with Crippen LogP contribution in [0.5, 0.6) is 0 Å². The highest BCUT2D eigenvalue weighted by Crippen LogP contribution is 2.37. The van der Waals surface area contributed by atoms with E-state index in [9.17, 15) is 0 Å². The largest absolute Gasteiger partial charge is 0.306 e. The molecular weight excluding hydrogens is 262 g/mol. The van der Waals surface area contributed by atoms with E-state index in [1.165, 1.54) is 40.6 Å². The highest BCUT2D eigenvalue weighted by atomic mass is 32.1. The van der Waals surface area contributed by atoms with E-state index >= 15 is 0 Å². The van der Waals surface area contributed by atoms with Gasteiger partial charge in [0.25, 0.3) is 0 Å². The van der Waals surface area contributed by atoms with Gasteiger partial charge < -0.3 is 5.32 Å². The van der Waals surface area contributed by atoms with Crippen molar-refractivity contribution >= 4 is 21.4 Å². The zero-order chi connectivity index (χ0) is 14.2. The molecule has 1 nitrogen and oxygen atoms in total. The molecule has 0 spiro atoms. The van der Waals surface area contributed by atoms with Gasteiger partial charge in [-0.15, -0.1) is 11.3 Å². The minimum absolute atomic E-state index is 0.434. The monoisotopic (exact) mass is 287 g/mol. The summed E-state index contributed by atoms with van der Waals surface area (Å²) in [5.41, 5.74) is 0.434. The van der Waals surface area contributed by atoms with E-state index in [4.69, 9.17) is 0 Å². The third-order valence-electron chi connectivity index (χ3n) is 4.83. The van der Waals surface area contributed by atoms with Gasteiger partial charge in [-0.3, -0.25) is 0 Å². The summed E-state index contributed by atoms with van der Waals surface area (Å²) in [5, 5.41) is 5.28. The Morgan fingerprint density at radius 1 is 1.25 bits per heavy atom. The van der Waals surface area contributed by atoms with Crippen molar-refractivity contribution < 1.29 is 0 Å². The summed E-state index contributed by atoms with van der Waals surface area (Å²) in [5.74, 6) is 0. The van der Waals surface area contributed by atoms with Gasteiger partial charge in [0.2, 0.25) is 0 Å². The summed E-state index contributed by atoms with van der Waals surface area (Å²) in [7, 11) is 0. The highest BCUT2D eigenvalue weighted by Gasteiger charge is 2.33. The summed E-state index contributed by atoms with van der Waals surface area (Å²) >= 11 is 1.93. The maximum absolute atomic E-state index is 3.90. The number of hydrogen-bond donors (Lipinski definition) is 1. The Morgan fingerprint density at radius 2 is 2.05 bits per heavy atom. The van der Waals surface area contributed by atoms with Gasteiger partial charge in [0.15, 0.2) is 0 Å². The summed E-state index contributed by atoms with van der Waals surface area (Å²) in [6.07, 6.45) is 5.44. The van der Waals surface area contributed by atoms with Gasteiger partial charge in [-0.25, -0.2) is 0 Å². The van der Waals surface area contributed by atoms with E-state index in [1.807, 2.05) is 11.3 Å². The Hall–Kier alpha value is -0.860. The predicted molar refractivity (Wildman–Crippen MR) is 89.4 cm³/mol. The van der Waals surface area contributed by atoms with Crippen LogP contribution in [0.2, 0.25) is 0 Å². The summed E-state index contributed by atoms with van der Waals surface area (Å²) in [6.45, 7) is 7.15. The quantitative estimate of drug-likeness (QED) is 0.783. The van der Waals surface area contributed by atoms with Crippen molar-refractivity contribution in [3.05, 3.63) is 35.2 Å². The average molecular weight is 287 g/mol. The molecule has 1 fully saturated rings. The van der Waals surface area contributed by atoms with Gasteiger partial charge >= 0.3 is 0 Å². The van der Waals surface area contributed by atoms with Crippen LogP contribution in [0.1, 0.15) is 57.4 Å². The van der Waals surface area contributed by atoms with E-state index in [0.29, 0.717) is 17.5 Å². The van der Waals surface area contributed by atoms with Crippen molar-refractivity contribution in [2.45, 2.75) is 58.5 Å². The lowest BCUT2D eigenvalue weighted by molar-refractivity contribution is 0.158. The van der Waals surface area contributed by atoms with Crippen LogP contribution >= 0.6 is 11.3 Å². The number of nitrogens with one attached hydrogen (secondary N) is 1. The van der Waals surface area contributed by atoms with Gasteiger partial charge in [-0.1, -0.05) is 44.9 Å². The van der Waals surface area contributed by atoms with Crippen molar-refractivity contribution in [2.75, 3.05) is 0 Å². The fraction of sp³-hybridized carbons (Fsp3) is 0.556. The molecule has 0 radical (unpaired) electrons. The fourth-order valence-corrected chi connectivity index (χ4v) is 4.48. The molecule has 1 heterocycles. The van der Waals surface area contributed by atoms with Crippen molar-refractivity contribution in [3.63, 3.8) is 0 Å². The molecule has 2 unspecified atom stereocenters. The standard InChI is InChI=1S/C18H25NS/c1-13(19-17-10-6-7-11-18(17,2)3)16-12-14-8-4-5-9-15(14)20-16/h4-5,8-9,12-13,17,19H,6-7,10-11H2,1-3H3. The van der Waals surface area contributed by atoms with Gasteiger partial charge in [0.05, 0.1) is 0 Å². The Bertz CT molecular complexity index is 551. The van der Waals surface area contributed by atoms with E-state index in [1.54, 1.807) is 0 Å². The zero-order valence-corrected chi connectivity index (χ0v) is 13.6. The van der Waals surface area contributed by atoms with Crippen LogP contribution in [-0.4, -0.2) is 6.04 Å². The summed E-state index contributed by atoms with van der Waals surface area (Å²) < 4.78 is 1.40. The molecular formula is C18H25NS. The minimum Gasteiger partial charge on any atom is -0.306 e. The molecule has 1 aliphatic carbocycles. The molecule has 0 saturated heterocycles. The van der Waals surface area contributed by atoms with Gasteiger partial charge in [-0.05, 0) is 42.7 Å². The molecule has 3 rings (SSSR count). The van der Waals surface area contributed by atoms with Gasteiger partial charge in [0, 0.05) is 21.7 Å². The molecule has 1 aromatic heterocycles. The Morgan fingerprint density at radius 3 is 2.80 bits per heavy atom. The molecule has 1 N–H and O–H groups in total. The van der Waals surface area contributed by atoms with E-state index < -0.39 is 0 Å². The molecule has 0 amide bonds. The van der Waals surface area contributed by atoms with E-state index in [0.717, 1.165) is 0 Å². The predicted octanol–water partition coefficient (Wildman–Crippen LogP) is 5.52. The van der Waals surface area contributed by atoms with Crippen LogP contribution in [0.25, 0.3) is 10.1 Å². The average Bonchev–Trinajstić information content (AvgIpc) is 2.85. The first-order chi connectivity index (χ1) is 9.56. The van der Waals surface area contributed by atoms with E-state index in [-0.39, 0.29) is 0 Å². The smallest absolute Gasteiger partial charge is 0.0388 e. The molecule has 20 heavy (non-hydrogen) atoms. The third-order valence-corrected chi connectivity index (χ3v) is 6.13. The lowest BCUT2D eigenvalue weighted by atomic mass is 9.73. The topological polar surface area (TPSA) is 12.0 Å². The molecule has 0 aliphatic heterocycles. The van der Waals surface area contributed by atoms with Crippen LogP contribution in [-0.2, 0) is 0 Å². The molecule has 108 valence electrons. The Labute approximate surface area is 126 Å². The first-order valence-corrected chi connectivity index (χ1v) is 8.62. The first kappa shape index (κ1) is 14.1. The van der Waals surface area contributed by atoms with Crippen molar-refractivity contribution in [1.82, 2.24) is 5.32 Å². The maximum Gasteiger partial charge on any atom is 0.0388 e. The Kier molecular flexibility index (Phi) is 3.87. The summed E-state index contributed by atoms with van der Waals surface area (Å²) in [6, 6.07) is 12.2. The second kappa shape index (κ2) is 5.50. The van der Waals surface area contributed by atoms with Gasteiger partial charge in [-0.2, -0.15) is 0 Å². The SMILES string of the molecule is CC(NC1CCCCC1(C)C)c1cc2ccccc2s1. The van der Waals surface area contributed by atoms with Crippen LogP contribution in [0.3, 0.4) is 0 Å². The molecule has 1 aromatic carbocycles. The third kappa shape index (κ3) is 2.77. The van der Waals surface area contributed by atoms with Crippen molar-refractivity contribution in [3.8, 4) is 0 Å². The maximum atomic E-state index is 3.90. The lowest BCUT2D eigenvalue weighted by Gasteiger charge is -2.40. The van der Waals surface area contributed by atoms with Crippen LogP contribution in [0.4, 0.5) is 0 Å². The minimum atomic E-state index is 0.434. The van der Waals surface area contributed by atoms with E-state index in [2.05, 4.69) is 56.4 Å². The normalized spacial score (nSPS) is 23.9. The summed E-state index contributed by atoms with van der Waals surface area (Å²) in [4.78, 5) is 1.47.